The van der Waals surface area contributed by atoms with Crippen LogP contribution < -0.4 is 41.0 Å². The second-order valence-corrected chi connectivity index (χ2v) is 17.2. The molecule has 0 radical (unpaired) electrons. The van der Waals surface area contributed by atoms with E-state index in [1.54, 1.807) is 55.5 Å². The maximum absolute atomic E-state index is 12.1. The number of hydrogen-bond acceptors (Lipinski definition) is 16. The van der Waals surface area contributed by atoms with E-state index in [0.29, 0.717) is 46.6 Å². The van der Waals surface area contributed by atoms with Crippen LogP contribution in [0.5, 0.6) is 23.0 Å². The molecule has 9 rings (SSSR count). The second-order valence-electron chi connectivity index (χ2n) is 17.0. The summed E-state index contributed by atoms with van der Waals surface area (Å²) in [5.74, 6) is 1.96. The lowest BCUT2D eigenvalue weighted by Gasteiger charge is -2.24. The molecule has 0 spiro atoms. The molecule has 0 aliphatic carbocycles. The molecule has 3 aromatic heterocycles. The van der Waals surface area contributed by atoms with Gasteiger partial charge in [-0.25, -0.2) is 9.78 Å². The monoisotopic (exact) mass is 992 g/mol. The molecule has 2 aliphatic rings. The Labute approximate surface area is 420 Å². The number of aromatic nitrogens is 4. The first kappa shape index (κ1) is 50.9. The number of carbonyl (C=O) groups excluding carboxylic acids is 3. The molecule has 0 atom stereocenters. The number of rotatable bonds is 11. The van der Waals surface area contributed by atoms with Gasteiger partial charge in [-0.1, -0.05) is 12.1 Å². The highest BCUT2D eigenvalue weighted by Gasteiger charge is 2.29. The molecule has 21 heteroatoms. The Morgan fingerprint density at radius 3 is 2.07 bits per heavy atom. The number of isothiocyanates is 1. The Balaban J connectivity index is 0.000000165. The van der Waals surface area contributed by atoms with E-state index in [9.17, 15) is 24.5 Å². The number of nitrogens with zero attached hydrogens (tertiary/aromatic N) is 7. The maximum atomic E-state index is 12.1. The van der Waals surface area contributed by atoms with Crippen molar-refractivity contribution in [1.29, 1.82) is 0 Å². The summed E-state index contributed by atoms with van der Waals surface area (Å²) >= 11 is 4.59. The highest BCUT2D eigenvalue weighted by atomic mass is 32.1. The number of nitro groups is 1. The van der Waals surface area contributed by atoms with Gasteiger partial charge in [0.1, 0.15) is 45.7 Å². The summed E-state index contributed by atoms with van der Waals surface area (Å²) in [6.45, 7) is 7.18. The number of nitrogens with one attached hydrogen (secondary N) is 5. The number of ether oxygens (including phenoxy) is 3. The molecule has 0 unspecified atom stereocenters. The topological polar surface area (TPSA) is 241 Å². The molecule has 5 N–H and O–H groups in total. The van der Waals surface area contributed by atoms with Crippen molar-refractivity contribution < 1.29 is 33.5 Å². The normalized spacial score (nSPS) is 12.0. The van der Waals surface area contributed by atoms with Crippen molar-refractivity contribution in [3.8, 4) is 23.0 Å². The van der Waals surface area contributed by atoms with E-state index in [-0.39, 0.29) is 29.3 Å². The fraction of sp³-hybridized carbons (Fsp3) is 0.235. The number of anilines is 5. The molecule has 72 heavy (non-hydrogen) atoms. The van der Waals surface area contributed by atoms with E-state index in [0.717, 1.165) is 53.3 Å². The second kappa shape index (κ2) is 22.7. The van der Waals surface area contributed by atoms with Crippen LogP contribution in [0, 0.1) is 10.1 Å². The van der Waals surface area contributed by atoms with Crippen LogP contribution in [0.1, 0.15) is 52.9 Å². The van der Waals surface area contributed by atoms with Gasteiger partial charge in [-0.3, -0.25) is 34.6 Å². The molecule has 3 amide bonds. The molecule has 0 saturated carbocycles. The third-order valence-electron chi connectivity index (χ3n) is 11.0. The van der Waals surface area contributed by atoms with Gasteiger partial charge in [-0.2, -0.15) is 4.99 Å². The number of aliphatic imine (C=N–C) groups is 1. The zero-order valence-electron chi connectivity index (χ0n) is 40.5. The van der Waals surface area contributed by atoms with Gasteiger partial charge in [0.05, 0.1) is 38.6 Å². The summed E-state index contributed by atoms with van der Waals surface area (Å²) in [4.78, 5) is 64.2. The first-order chi connectivity index (χ1) is 34.6. The summed E-state index contributed by atoms with van der Waals surface area (Å²) in [5.41, 5.74) is 8.25. The number of aryl methyl sites for hydroxylation is 1. The molecule has 0 bridgehead atoms. The van der Waals surface area contributed by atoms with Gasteiger partial charge >= 0.3 is 6.09 Å². The lowest BCUT2D eigenvalue weighted by atomic mass is 10.1. The van der Waals surface area contributed by atoms with Gasteiger partial charge < -0.3 is 45.4 Å². The number of benzene rings is 4. The largest absolute Gasteiger partial charge is 0.457 e. The van der Waals surface area contributed by atoms with Crippen molar-refractivity contribution in [3.63, 3.8) is 0 Å². The highest BCUT2D eigenvalue weighted by Crippen LogP contribution is 2.35. The fourth-order valence-electron chi connectivity index (χ4n) is 7.51. The SMILES string of the molecule is CC(C)(C)OC(=O)N1CCc2ccc(N=C=S)cc21.CNC(=O)c1cc(Oc2ccc(NC)c([N+](=O)[O-])c2)ccn1.CNC(=O)c1cc(Oc2ccc3c(c2)nc(Nc2ccc4c(c2)NCC4)n3C)ccn1. The van der Waals surface area contributed by atoms with Crippen molar-refractivity contribution in [2.24, 2.45) is 12.0 Å². The lowest BCUT2D eigenvalue weighted by Crippen LogP contribution is -2.35. The van der Waals surface area contributed by atoms with Crippen LogP contribution in [-0.4, -0.2) is 87.3 Å². The van der Waals surface area contributed by atoms with Crippen LogP contribution in [-0.2, 0) is 24.6 Å². The minimum atomic E-state index is -0.499. The van der Waals surface area contributed by atoms with Crippen LogP contribution in [0.25, 0.3) is 11.0 Å². The Morgan fingerprint density at radius 2 is 1.44 bits per heavy atom. The molecule has 370 valence electrons. The average Bonchev–Trinajstić information content (AvgIpc) is 4.10. The molecule has 0 saturated heterocycles. The number of pyridine rings is 2. The van der Waals surface area contributed by atoms with E-state index >= 15 is 0 Å². The highest BCUT2D eigenvalue weighted by molar-refractivity contribution is 7.78. The number of imidazole rings is 1. The third kappa shape index (κ3) is 12.6. The van der Waals surface area contributed by atoms with Gasteiger partial charge in [0.2, 0.25) is 5.95 Å². The third-order valence-corrected chi connectivity index (χ3v) is 11.1. The molecule has 20 nitrogen and oxygen atoms in total. The molecule has 5 heterocycles. The summed E-state index contributed by atoms with van der Waals surface area (Å²) < 4.78 is 18.9. The molecular weight excluding hydrogens is 941 g/mol. The number of nitro benzene ring substituents is 1. The van der Waals surface area contributed by atoms with Crippen molar-refractivity contribution in [1.82, 2.24) is 30.2 Å². The van der Waals surface area contributed by atoms with Gasteiger partial charge in [0.25, 0.3) is 17.5 Å². The predicted octanol–water partition coefficient (Wildman–Crippen LogP) is 9.73. The van der Waals surface area contributed by atoms with E-state index in [4.69, 9.17) is 19.2 Å². The molecule has 4 aromatic carbocycles. The van der Waals surface area contributed by atoms with Crippen molar-refractivity contribution in [3.05, 3.63) is 142 Å². The molecule has 2 aliphatic heterocycles. The Morgan fingerprint density at radius 1 is 0.806 bits per heavy atom. The number of amides is 3. The van der Waals surface area contributed by atoms with Crippen LogP contribution in [0.15, 0.2) is 114 Å². The van der Waals surface area contributed by atoms with Gasteiger partial charge in [-0.15, -0.1) is 0 Å². The Kier molecular flexibility index (Phi) is 16.0. The standard InChI is InChI=1S/C23H22N6O2.C14H14N4O4.C14H16N2O2S/c1-24-22(30)20-13-17(8-10-26-20)31-16-5-6-21-19(12-16)28-23(29(21)2)27-15-4-3-14-7-9-25-18(14)11-15;1-15-11-4-3-9(8-13(11)18(20)21)22-10-5-6-17-12(7-10)14(19)16-2;1-14(2,3)18-13(17)16-7-6-10-4-5-11(15-9-19)8-12(10)16/h3-6,8,10-13,25H,7,9H2,1-2H3,(H,24,30)(H,27,28);3-8,15H,1-2H3,(H,16,19);4-5,8H,6-7H2,1-3H3. The summed E-state index contributed by atoms with van der Waals surface area (Å²) in [6, 6.07) is 28.5. The fourth-order valence-corrected chi connectivity index (χ4v) is 7.62. The predicted molar refractivity (Wildman–Crippen MR) is 279 cm³/mol. The molecule has 0 fully saturated rings. The minimum absolute atomic E-state index is 0.0967. The van der Waals surface area contributed by atoms with Crippen LogP contribution in [0.3, 0.4) is 0 Å². The molecular formula is C51H52N12O8S. The van der Waals surface area contributed by atoms with Gasteiger partial charge in [-0.05, 0) is 118 Å². The zero-order chi connectivity index (χ0) is 51.5. The Hall–Kier alpha value is -8.94. The quantitative estimate of drug-likeness (QED) is 0.0351. The zero-order valence-corrected chi connectivity index (χ0v) is 41.3. The average molecular weight is 993 g/mol. The first-order valence-electron chi connectivity index (χ1n) is 22.6. The smallest absolute Gasteiger partial charge is 0.414 e. The number of hydrogen-bond donors (Lipinski definition) is 5. The van der Waals surface area contributed by atoms with Crippen molar-refractivity contribution >= 4 is 86.4 Å². The number of fused-ring (bicyclic) bond motifs is 3. The van der Waals surface area contributed by atoms with Crippen LogP contribution >= 0.6 is 12.2 Å². The van der Waals surface area contributed by atoms with Gasteiger partial charge in [0, 0.05) is 83.2 Å². The molecule has 7 aromatic rings. The Bertz CT molecular complexity index is 3220. The minimum Gasteiger partial charge on any atom is -0.457 e. The number of carbonyl (C=O) groups is 3. The maximum Gasteiger partial charge on any atom is 0.414 e. The van der Waals surface area contributed by atoms with E-state index in [1.165, 1.54) is 36.6 Å². The van der Waals surface area contributed by atoms with Crippen LogP contribution in [0.2, 0.25) is 0 Å². The lowest BCUT2D eigenvalue weighted by molar-refractivity contribution is -0.384. The summed E-state index contributed by atoms with van der Waals surface area (Å²) in [6.07, 6.45) is 4.54. The van der Waals surface area contributed by atoms with Crippen molar-refractivity contribution in [2.75, 3.05) is 55.1 Å². The van der Waals surface area contributed by atoms with Crippen LogP contribution in [0.4, 0.5) is 44.9 Å². The first-order valence-corrected chi connectivity index (χ1v) is 23.0. The van der Waals surface area contributed by atoms with E-state index in [1.807, 2.05) is 68.8 Å². The number of thiocarbonyl (C=S) groups is 1. The summed E-state index contributed by atoms with van der Waals surface area (Å²) in [5, 5.41) is 27.9. The summed E-state index contributed by atoms with van der Waals surface area (Å²) in [7, 11) is 6.64. The van der Waals surface area contributed by atoms with E-state index < -0.39 is 10.5 Å². The van der Waals surface area contributed by atoms with Crippen molar-refractivity contribution in [2.45, 2.75) is 39.2 Å². The van der Waals surface area contributed by atoms with E-state index in [2.05, 4.69) is 77.1 Å². The van der Waals surface area contributed by atoms with Gasteiger partial charge in [0.15, 0.2) is 0 Å².